The van der Waals surface area contributed by atoms with Gasteiger partial charge in [-0.05, 0) is 29.8 Å². The highest BCUT2D eigenvalue weighted by Gasteiger charge is 2.17. The zero-order valence-electron chi connectivity index (χ0n) is 15.5. The third-order valence-corrected chi connectivity index (χ3v) is 4.81. The zero-order valence-corrected chi connectivity index (χ0v) is 16.3. The molecule has 3 rings (SSSR count). The van der Waals surface area contributed by atoms with Crippen molar-refractivity contribution in [1.82, 2.24) is 9.88 Å². The van der Waals surface area contributed by atoms with Crippen LogP contribution in [0.4, 0.5) is 5.13 Å². The van der Waals surface area contributed by atoms with Gasteiger partial charge < -0.3 is 9.32 Å². The van der Waals surface area contributed by atoms with E-state index in [4.69, 9.17) is 9.68 Å². The number of hydrogen-bond donors (Lipinski definition) is 1. The number of hydrogen-bond acceptors (Lipinski definition) is 6. The maximum absolute atomic E-state index is 12.7. The summed E-state index contributed by atoms with van der Waals surface area (Å²) in [5.41, 5.74) is 2.06. The Morgan fingerprint density at radius 3 is 2.76 bits per heavy atom. The van der Waals surface area contributed by atoms with E-state index in [1.54, 1.807) is 40.6 Å². The van der Waals surface area contributed by atoms with Gasteiger partial charge in [0.25, 0.3) is 5.91 Å². The van der Waals surface area contributed by atoms with Gasteiger partial charge >= 0.3 is 0 Å². The van der Waals surface area contributed by atoms with Gasteiger partial charge in [0.15, 0.2) is 10.9 Å². The van der Waals surface area contributed by atoms with Crippen LogP contribution in [0.25, 0.3) is 0 Å². The second-order valence-corrected chi connectivity index (χ2v) is 6.98. The van der Waals surface area contributed by atoms with Crippen LogP contribution in [0.3, 0.4) is 0 Å². The highest BCUT2D eigenvalue weighted by molar-refractivity contribution is 7.14. The molecule has 0 spiro atoms. The molecule has 1 aromatic carbocycles. The van der Waals surface area contributed by atoms with E-state index in [1.807, 2.05) is 12.1 Å². The van der Waals surface area contributed by atoms with Crippen LogP contribution >= 0.6 is 11.3 Å². The number of nitrogens with zero attached hydrogens (tertiary/aromatic N) is 3. The summed E-state index contributed by atoms with van der Waals surface area (Å²) in [7, 11) is 0. The molecule has 2 amide bonds. The predicted molar refractivity (Wildman–Crippen MR) is 109 cm³/mol. The van der Waals surface area contributed by atoms with Gasteiger partial charge in [-0.3, -0.25) is 14.9 Å². The van der Waals surface area contributed by atoms with E-state index >= 15 is 0 Å². The van der Waals surface area contributed by atoms with Crippen LogP contribution in [0.1, 0.15) is 27.4 Å². The number of nitrogens with one attached hydrogen (secondary N) is 1. The number of anilines is 1. The first-order valence-corrected chi connectivity index (χ1v) is 9.64. The molecular formula is C21H18N4O3S. The average Bonchev–Trinajstić information content (AvgIpc) is 3.40. The summed E-state index contributed by atoms with van der Waals surface area (Å²) in [4.78, 5) is 30.7. The Morgan fingerprint density at radius 1 is 1.31 bits per heavy atom. The Bertz CT molecular complexity index is 1030. The van der Waals surface area contributed by atoms with Crippen molar-refractivity contribution in [3.8, 4) is 6.07 Å². The van der Waals surface area contributed by atoms with Gasteiger partial charge in [-0.1, -0.05) is 18.2 Å². The highest BCUT2D eigenvalue weighted by Crippen LogP contribution is 2.18. The summed E-state index contributed by atoms with van der Waals surface area (Å²) in [6.07, 6.45) is 3.19. The Balaban J connectivity index is 1.62. The molecule has 1 N–H and O–H groups in total. The van der Waals surface area contributed by atoms with Crippen molar-refractivity contribution in [1.29, 1.82) is 5.26 Å². The lowest BCUT2D eigenvalue weighted by atomic mass is 10.1. The largest absolute Gasteiger partial charge is 0.459 e. The van der Waals surface area contributed by atoms with Crippen molar-refractivity contribution in [3.63, 3.8) is 0 Å². The van der Waals surface area contributed by atoms with Crippen molar-refractivity contribution in [3.05, 3.63) is 83.3 Å². The number of amides is 2. The van der Waals surface area contributed by atoms with Crippen LogP contribution in [-0.4, -0.2) is 28.2 Å². The standard InChI is InChI=1S/C21H18N4O3S/c1-2-9-25(13-16-7-5-15(12-22)6-8-16)19(26)11-17-14-29-21(23-17)24-20(27)18-4-3-10-28-18/h2-8,10,14H,1,9,11,13H2,(H,23,24,27). The summed E-state index contributed by atoms with van der Waals surface area (Å²) in [6, 6.07) is 12.4. The van der Waals surface area contributed by atoms with Crippen molar-refractivity contribution < 1.29 is 14.0 Å². The first-order chi connectivity index (χ1) is 14.1. The Labute approximate surface area is 171 Å². The molecule has 2 aromatic heterocycles. The fourth-order valence-electron chi connectivity index (χ4n) is 2.59. The quantitative estimate of drug-likeness (QED) is 0.576. The molecule has 0 saturated carbocycles. The minimum atomic E-state index is -0.392. The molecule has 0 aliphatic heterocycles. The van der Waals surface area contributed by atoms with Gasteiger partial charge in [0, 0.05) is 18.5 Å². The molecule has 8 heteroatoms. The van der Waals surface area contributed by atoms with Crippen molar-refractivity contribution in [2.45, 2.75) is 13.0 Å². The number of nitriles is 1. The van der Waals surface area contributed by atoms with Crippen LogP contribution in [0.15, 0.2) is 65.1 Å². The Morgan fingerprint density at radius 2 is 2.10 bits per heavy atom. The third-order valence-electron chi connectivity index (χ3n) is 4.01. The van der Waals surface area contributed by atoms with E-state index in [1.165, 1.54) is 17.6 Å². The second kappa shape index (κ2) is 9.48. The maximum atomic E-state index is 12.7. The van der Waals surface area contributed by atoms with Gasteiger partial charge in [-0.25, -0.2) is 4.98 Å². The molecule has 0 bridgehead atoms. The van der Waals surface area contributed by atoms with Crippen molar-refractivity contribution in [2.75, 3.05) is 11.9 Å². The van der Waals surface area contributed by atoms with Gasteiger partial charge in [0.2, 0.25) is 5.91 Å². The second-order valence-electron chi connectivity index (χ2n) is 6.12. The Hall–Kier alpha value is -3.70. The minimum absolute atomic E-state index is 0.108. The van der Waals surface area contributed by atoms with Crippen LogP contribution in [-0.2, 0) is 17.8 Å². The lowest BCUT2D eigenvalue weighted by Crippen LogP contribution is -2.32. The van der Waals surface area contributed by atoms with E-state index in [9.17, 15) is 9.59 Å². The number of carbonyl (C=O) groups excluding carboxylic acids is 2. The lowest BCUT2D eigenvalue weighted by Gasteiger charge is -2.21. The first-order valence-electron chi connectivity index (χ1n) is 8.76. The summed E-state index contributed by atoms with van der Waals surface area (Å²) in [5.74, 6) is -0.308. The number of carbonyl (C=O) groups is 2. The van der Waals surface area contributed by atoms with E-state index in [2.05, 4.69) is 22.9 Å². The normalized spacial score (nSPS) is 10.2. The topological polar surface area (TPSA) is 99.2 Å². The van der Waals surface area contributed by atoms with Gasteiger partial charge in [-0.15, -0.1) is 17.9 Å². The number of thiazole rings is 1. The fourth-order valence-corrected chi connectivity index (χ4v) is 3.30. The lowest BCUT2D eigenvalue weighted by molar-refractivity contribution is -0.130. The maximum Gasteiger partial charge on any atom is 0.293 e. The van der Waals surface area contributed by atoms with Crippen LogP contribution in [0.5, 0.6) is 0 Å². The van der Waals surface area contributed by atoms with Crippen LogP contribution < -0.4 is 5.32 Å². The molecule has 0 fully saturated rings. The number of rotatable bonds is 8. The zero-order chi connectivity index (χ0) is 20.6. The molecule has 2 heterocycles. The average molecular weight is 406 g/mol. The summed E-state index contributed by atoms with van der Waals surface area (Å²) < 4.78 is 5.05. The third kappa shape index (κ3) is 5.40. The Kier molecular flexibility index (Phi) is 6.55. The summed E-state index contributed by atoms with van der Waals surface area (Å²) in [6.45, 7) is 4.51. The van der Waals surface area contributed by atoms with Crippen molar-refractivity contribution >= 4 is 28.3 Å². The van der Waals surface area contributed by atoms with Crippen LogP contribution in [0, 0.1) is 11.3 Å². The minimum Gasteiger partial charge on any atom is -0.459 e. The number of furan rings is 1. The predicted octanol–water partition coefficient (Wildman–Crippen LogP) is 3.62. The van der Waals surface area contributed by atoms with Gasteiger partial charge in [0.05, 0.1) is 30.0 Å². The molecule has 0 radical (unpaired) electrons. The number of aromatic nitrogens is 1. The molecule has 3 aromatic rings. The smallest absolute Gasteiger partial charge is 0.293 e. The molecule has 0 saturated heterocycles. The monoisotopic (exact) mass is 406 g/mol. The van der Waals surface area contributed by atoms with E-state index in [-0.39, 0.29) is 18.1 Å². The molecule has 0 aliphatic carbocycles. The molecule has 146 valence electrons. The van der Waals surface area contributed by atoms with Crippen molar-refractivity contribution in [2.24, 2.45) is 0 Å². The summed E-state index contributed by atoms with van der Waals surface area (Å²) in [5, 5.41) is 13.7. The molecular weight excluding hydrogens is 388 g/mol. The first kappa shape index (κ1) is 20.0. The van der Waals surface area contributed by atoms with E-state index in [0.717, 1.165) is 5.56 Å². The molecule has 7 nitrogen and oxygen atoms in total. The fraction of sp³-hybridized carbons (Fsp3) is 0.143. The van der Waals surface area contributed by atoms with Crippen LogP contribution in [0.2, 0.25) is 0 Å². The number of benzene rings is 1. The molecule has 29 heavy (non-hydrogen) atoms. The van der Waals surface area contributed by atoms with Gasteiger partial charge in [-0.2, -0.15) is 5.26 Å². The van der Waals surface area contributed by atoms with E-state index < -0.39 is 5.91 Å². The van der Waals surface area contributed by atoms with Gasteiger partial charge in [0.1, 0.15) is 0 Å². The molecule has 0 atom stereocenters. The SMILES string of the molecule is C=CCN(Cc1ccc(C#N)cc1)C(=O)Cc1csc(NC(=O)c2ccco2)n1. The summed E-state index contributed by atoms with van der Waals surface area (Å²) >= 11 is 1.24. The van der Waals surface area contributed by atoms with E-state index in [0.29, 0.717) is 29.5 Å². The molecule has 0 aliphatic rings. The molecule has 0 unspecified atom stereocenters. The highest BCUT2D eigenvalue weighted by atomic mass is 32.1.